The van der Waals surface area contributed by atoms with Gasteiger partial charge in [0, 0.05) is 12.1 Å². The number of nitrogens with one attached hydrogen (secondary N) is 2. The van der Waals surface area contributed by atoms with Crippen LogP contribution in [0.5, 0.6) is 0 Å². The smallest absolute Gasteiger partial charge is 0.0405 e. The Morgan fingerprint density at radius 1 is 1.50 bits per heavy atom. The Morgan fingerprint density at radius 2 is 1.83 bits per heavy atom. The first-order valence-electron chi connectivity index (χ1n) is 2.21. The Bertz CT molecular complexity index is 52.6. The highest BCUT2D eigenvalue weighted by Gasteiger charge is 2.23. The lowest BCUT2D eigenvalue weighted by Crippen LogP contribution is -2.66. The minimum absolute atomic E-state index is 0.361. The fourth-order valence-electron chi connectivity index (χ4n) is 0.442. The summed E-state index contributed by atoms with van der Waals surface area (Å²) in [6, 6.07) is 0. The van der Waals surface area contributed by atoms with Gasteiger partial charge in [-0.25, -0.2) is 0 Å². The molecule has 0 atom stereocenters. The molecule has 0 aromatic carbocycles. The molecule has 0 amide bonds. The van der Waals surface area contributed by atoms with Gasteiger partial charge in [0.1, 0.15) is 0 Å². The first kappa shape index (κ1) is 4.09. The zero-order valence-electron chi connectivity index (χ0n) is 4.21. The van der Waals surface area contributed by atoms with Crippen molar-refractivity contribution in [1.29, 1.82) is 0 Å². The van der Waals surface area contributed by atoms with E-state index >= 15 is 0 Å². The molecule has 2 N–H and O–H groups in total. The SMILES string of the molecule is CC1(C)CNN1. The van der Waals surface area contributed by atoms with E-state index in [4.69, 9.17) is 0 Å². The molecule has 2 heteroatoms. The number of hydrazine groups is 1. The van der Waals surface area contributed by atoms with Gasteiger partial charge in [-0.3, -0.25) is 10.9 Å². The molecular weight excluding hydrogens is 76.1 g/mol. The van der Waals surface area contributed by atoms with E-state index < -0.39 is 0 Å². The van der Waals surface area contributed by atoms with Gasteiger partial charge in [0.15, 0.2) is 0 Å². The molecule has 36 valence electrons. The molecule has 6 heavy (non-hydrogen) atoms. The first-order chi connectivity index (χ1) is 2.71. The molecule has 1 rings (SSSR count). The van der Waals surface area contributed by atoms with E-state index in [0.717, 1.165) is 6.54 Å². The van der Waals surface area contributed by atoms with Gasteiger partial charge in [-0.15, -0.1) is 0 Å². The van der Waals surface area contributed by atoms with Crippen molar-refractivity contribution in [2.24, 2.45) is 0 Å². The van der Waals surface area contributed by atoms with Crippen LogP contribution in [0.3, 0.4) is 0 Å². The second kappa shape index (κ2) is 0.950. The average Bonchev–Trinajstić information content (AvgIpc) is 1.32. The van der Waals surface area contributed by atoms with E-state index in [0.29, 0.717) is 5.54 Å². The lowest BCUT2D eigenvalue weighted by Gasteiger charge is -2.36. The summed E-state index contributed by atoms with van der Waals surface area (Å²) in [5.74, 6) is 0. The van der Waals surface area contributed by atoms with Crippen LogP contribution in [-0.2, 0) is 0 Å². The van der Waals surface area contributed by atoms with Crippen molar-refractivity contribution >= 4 is 0 Å². The highest BCUT2D eigenvalue weighted by molar-refractivity contribution is 4.84. The summed E-state index contributed by atoms with van der Waals surface area (Å²) in [7, 11) is 0. The van der Waals surface area contributed by atoms with E-state index in [-0.39, 0.29) is 0 Å². The molecule has 0 unspecified atom stereocenters. The number of rotatable bonds is 0. The Morgan fingerprint density at radius 3 is 1.83 bits per heavy atom. The van der Waals surface area contributed by atoms with Crippen LogP contribution in [0, 0.1) is 0 Å². The van der Waals surface area contributed by atoms with E-state index in [1.165, 1.54) is 0 Å². The van der Waals surface area contributed by atoms with Crippen LogP contribution in [0.2, 0.25) is 0 Å². The minimum Gasteiger partial charge on any atom is -0.255 e. The van der Waals surface area contributed by atoms with E-state index in [1.54, 1.807) is 0 Å². The van der Waals surface area contributed by atoms with E-state index in [1.807, 2.05) is 0 Å². The molecule has 0 aromatic rings. The molecule has 1 fully saturated rings. The van der Waals surface area contributed by atoms with Crippen molar-refractivity contribution in [2.75, 3.05) is 6.54 Å². The molecule has 0 spiro atoms. The van der Waals surface area contributed by atoms with Gasteiger partial charge in [0.05, 0.1) is 0 Å². The average molecular weight is 86.1 g/mol. The molecule has 0 saturated carbocycles. The van der Waals surface area contributed by atoms with Crippen LogP contribution in [0.1, 0.15) is 13.8 Å². The maximum Gasteiger partial charge on any atom is 0.0405 e. The summed E-state index contributed by atoms with van der Waals surface area (Å²) in [6.07, 6.45) is 0. The van der Waals surface area contributed by atoms with Gasteiger partial charge >= 0.3 is 0 Å². The van der Waals surface area contributed by atoms with Crippen molar-refractivity contribution < 1.29 is 0 Å². The lowest BCUT2D eigenvalue weighted by molar-refractivity contribution is 0.205. The Kier molecular flexibility index (Phi) is 0.648. The predicted molar refractivity (Wildman–Crippen MR) is 25.2 cm³/mol. The lowest BCUT2D eigenvalue weighted by atomic mass is 10.0. The number of hydrogen-bond acceptors (Lipinski definition) is 2. The molecular formula is C4H10N2. The van der Waals surface area contributed by atoms with Gasteiger partial charge in [-0.2, -0.15) is 0 Å². The zero-order chi connectivity index (χ0) is 4.62. The van der Waals surface area contributed by atoms with E-state index in [2.05, 4.69) is 24.7 Å². The summed E-state index contributed by atoms with van der Waals surface area (Å²) >= 11 is 0. The highest BCUT2D eigenvalue weighted by Crippen LogP contribution is 2.02. The van der Waals surface area contributed by atoms with Crippen molar-refractivity contribution in [3.8, 4) is 0 Å². The molecule has 1 aliphatic heterocycles. The summed E-state index contributed by atoms with van der Waals surface area (Å²) < 4.78 is 0. The van der Waals surface area contributed by atoms with Crippen LogP contribution in [-0.4, -0.2) is 12.1 Å². The molecule has 0 aromatic heterocycles. The fraction of sp³-hybridized carbons (Fsp3) is 1.00. The minimum atomic E-state index is 0.361. The van der Waals surface area contributed by atoms with Crippen LogP contribution in [0.15, 0.2) is 0 Å². The molecule has 1 aliphatic rings. The van der Waals surface area contributed by atoms with Gasteiger partial charge in [0.25, 0.3) is 0 Å². The van der Waals surface area contributed by atoms with Crippen molar-refractivity contribution in [3.05, 3.63) is 0 Å². The largest absolute Gasteiger partial charge is 0.255 e. The molecule has 1 heterocycles. The van der Waals surface area contributed by atoms with Gasteiger partial charge < -0.3 is 0 Å². The summed E-state index contributed by atoms with van der Waals surface area (Å²) in [5.41, 5.74) is 6.35. The first-order valence-corrected chi connectivity index (χ1v) is 2.21. The summed E-state index contributed by atoms with van der Waals surface area (Å²) in [4.78, 5) is 0. The maximum absolute atomic E-state index is 3.03. The Balaban J connectivity index is 2.31. The van der Waals surface area contributed by atoms with Crippen LogP contribution >= 0.6 is 0 Å². The fourth-order valence-corrected chi connectivity index (χ4v) is 0.442. The topological polar surface area (TPSA) is 24.1 Å². The monoisotopic (exact) mass is 86.1 g/mol. The second-order valence-corrected chi connectivity index (χ2v) is 2.36. The quantitative estimate of drug-likeness (QED) is 0.429. The molecule has 0 aliphatic carbocycles. The second-order valence-electron chi connectivity index (χ2n) is 2.36. The van der Waals surface area contributed by atoms with Crippen molar-refractivity contribution in [1.82, 2.24) is 10.9 Å². The third-order valence-corrected chi connectivity index (χ3v) is 0.957. The molecule has 0 radical (unpaired) electrons. The third kappa shape index (κ3) is 0.533. The van der Waals surface area contributed by atoms with E-state index in [9.17, 15) is 0 Å². The van der Waals surface area contributed by atoms with Gasteiger partial charge in [0.2, 0.25) is 0 Å². The highest BCUT2D eigenvalue weighted by atomic mass is 15.5. The van der Waals surface area contributed by atoms with Crippen LogP contribution in [0.25, 0.3) is 0 Å². The molecule has 0 bridgehead atoms. The summed E-state index contributed by atoms with van der Waals surface area (Å²) in [5, 5.41) is 0. The maximum atomic E-state index is 3.03. The molecule has 1 saturated heterocycles. The van der Waals surface area contributed by atoms with Gasteiger partial charge in [-0.05, 0) is 13.8 Å². The molecule has 2 nitrogen and oxygen atoms in total. The van der Waals surface area contributed by atoms with Crippen molar-refractivity contribution in [3.63, 3.8) is 0 Å². The van der Waals surface area contributed by atoms with Crippen molar-refractivity contribution in [2.45, 2.75) is 19.4 Å². The van der Waals surface area contributed by atoms with Crippen LogP contribution < -0.4 is 10.9 Å². The Hall–Kier alpha value is -0.0800. The zero-order valence-corrected chi connectivity index (χ0v) is 4.21. The summed E-state index contributed by atoms with van der Waals surface area (Å²) in [6.45, 7) is 5.40. The third-order valence-electron chi connectivity index (χ3n) is 0.957. The van der Waals surface area contributed by atoms with Gasteiger partial charge in [-0.1, -0.05) is 0 Å². The number of hydrogen-bond donors (Lipinski definition) is 2. The predicted octanol–water partition coefficient (Wildman–Crippen LogP) is -0.127. The standard InChI is InChI=1S/C4H10N2/c1-4(2)3-5-6-4/h5-6H,3H2,1-2H3. The van der Waals surface area contributed by atoms with Crippen LogP contribution in [0.4, 0.5) is 0 Å². The normalized spacial score (nSPS) is 29.0. The Labute approximate surface area is 37.9 Å².